The van der Waals surface area contributed by atoms with Crippen LogP contribution in [0.1, 0.15) is 15.9 Å². The van der Waals surface area contributed by atoms with Crippen LogP contribution in [-0.4, -0.2) is 25.1 Å². The van der Waals surface area contributed by atoms with Crippen molar-refractivity contribution in [2.24, 2.45) is 0 Å². The second-order valence-corrected chi connectivity index (χ2v) is 5.92. The van der Waals surface area contributed by atoms with Crippen molar-refractivity contribution in [3.05, 3.63) is 71.9 Å². The summed E-state index contributed by atoms with van der Waals surface area (Å²) in [5.74, 6) is 1.68. The molecule has 1 amide bonds. The number of carbonyl (C=O) groups is 1. The zero-order valence-electron chi connectivity index (χ0n) is 15.4. The largest absolute Gasteiger partial charge is 0.495 e. The quantitative estimate of drug-likeness (QED) is 0.679. The molecule has 1 aromatic heterocycles. The van der Waals surface area contributed by atoms with Crippen molar-refractivity contribution >= 4 is 23.1 Å². The molecule has 0 saturated carbocycles. The van der Waals surface area contributed by atoms with Gasteiger partial charge in [-0.25, -0.2) is 4.98 Å². The molecule has 0 unspecified atom stereocenters. The first-order valence-electron chi connectivity index (χ1n) is 8.43. The molecule has 3 rings (SSSR count). The Balaban J connectivity index is 1.73. The monoisotopic (exact) mass is 363 g/mol. The summed E-state index contributed by atoms with van der Waals surface area (Å²) < 4.78 is 10.6. The van der Waals surface area contributed by atoms with E-state index in [1.165, 1.54) is 6.20 Å². The molecule has 6 nitrogen and oxygen atoms in total. The third kappa shape index (κ3) is 4.36. The molecular formula is C21H21N3O3. The average molecular weight is 363 g/mol. The Hall–Kier alpha value is -3.54. The van der Waals surface area contributed by atoms with E-state index in [4.69, 9.17) is 9.47 Å². The van der Waals surface area contributed by atoms with Crippen LogP contribution in [0.15, 0.2) is 60.8 Å². The number of benzene rings is 2. The first kappa shape index (κ1) is 18.3. The van der Waals surface area contributed by atoms with Gasteiger partial charge in [-0.15, -0.1) is 0 Å². The predicted molar refractivity (Wildman–Crippen MR) is 106 cm³/mol. The van der Waals surface area contributed by atoms with Crippen molar-refractivity contribution in [3.63, 3.8) is 0 Å². The Morgan fingerprint density at radius 3 is 2.37 bits per heavy atom. The lowest BCUT2D eigenvalue weighted by Gasteiger charge is -2.12. The fourth-order valence-corrected chi connectivity index (χ4v) is 2.60. The van der Waals surface area contributed by atoms with E-state index in [2.05, 4.69) is 15.6 Å². The molecule has 1 heterocycles. The summed E-state index contributed by atoms with van der Waals surface area (Å²) in [7, 11) is 3.18. The number of rotatable bonds is 6. The van der Waals surface area contributed by atoms with Gasteiger partial charge in [-0.1, -0.05) is 18.2 Å². The summed E-state index contributed by atoms with van der Waals surface area (Å²) in [5, 5.41) is 6.04. The molecule has 138 valence electrons. The third-order valence-corrected chi connectivity index (χ3v) is 4.00. The van der Waals surface area contributed by atoms with Crippen LogP contribution < -0.4 is 20.1 Å². The molecule has 0 saturated heterocycles. The summed E-state index contributed by atoms with van der Waals surface area (Å²) in [4.78, 5) is 16.8. The lowest BCUT2D eigenvalue weighted by Crippen LogP contribution is -2.13. The summed E-state index contributed by atoms with van der Waals surface area (Å²) in [6, 6.07) is 16.6. The van der Waals surface area contributed by atoms with Crippen LogP contribution in [0.4, 0.5) is 17.2 Å². The molecule has 0 aliphatic rings. The molecule has 0 aliphatic carbocycles. The SMILES string of the molecule is COc1ccc(C)cc1NC(=O)c1ccc(Nc2ccccc2OC)nc1. The van der Waals surface area contributed by atoms with E-state index in [0.717, 1.165) is 11.3 Å². The highest BCUT2D eigenvalue weighted by Crippen LogP contribution is 2.27. The normalized spacial score (nSPS) is 10.2. The van der Waals surface area contributed by atoms with Gasteiger partial charge in [0.25, 0.3) is 5.91 Å². The minimum absolute atomic E-state index is 0.254. The number of pyridine rings is 1. The van der Waals surface area contributed by atoms with Crippen LogP contribution in [0.25, 0.3) is 0 Å². The van der Waals surface area contributed by atoms with Crippen molar-refractivity contribution in [2.75, 3.05) is 24.9 Å². The number of para-hydroxylation sites is 2. The molecular weight excluding hydrogens is 342 g/mol. The first-order chi connectivity index (χ1) is 13.1. The van der Waals surface area contributed by atoms with E-state index in [1.807, 2.05) is 49.4 Å². The number of aromatic nitrogens is 1. The van der Waals surface area contributed by atoms with Crippen molar-refractivity contribution in [1.29, 1.82) is 0 Å². The number of nitrogens with one attached hydrogen (secondary N) is 2. The van der Waals surface area contributed by atoms with Gasteiger partial charge in [0.05, 0.1) is 31.2 Å². The molecule has 0 atom stereocenters. The van der Waals surface area contributed by atoms with Crippen molar-refractivity contribution in [3.8, 4) is 11.5 Å². The highest BCUT2D eigenvalue weighted by Gasteiger charge is 2.11. The van der Waals surface area contributed by atoms with E-state index in [9.17, 15) is 4.79 Å². The Bertz CT molecular complexity index is 940. The fraction of sp³-hybridized carbons (Fsp3) is 0.143. The van der Waals surface area contributed by atoms with Gasteiger partial charge < -0.3 is 20.1 Å². The molecule has 0 spiro atoms. The van der Waals surface area contributed by atoms with Crippen molar-refractivity contribution < 1.29 is 14.3 Å². The molecule has 6 heteroatoms. The number of aryl methyl sites for hydroxylation is 1. The summed E-state index contributed by atoms with van der Waals surface area (Å²) in [6.45, 7) is 1.95. The van der Waals surface area contributed by atoms with E-state index in [-0.39, 0.29) is 5.91 Å². The Morgan fingerprint density at radius 2 is 1.67 bits per heavy atom. The van der Waals surface area contributed by atoms with Crippen LogP contribution >= 0.6 is 0 Å². The number of hydrogen-bond donors (Lipinski definition) is 2. The van der Waals surface area contributed by atoms with Crippen molar-refractivity contribution in [1.82, 2.24) is 4.98 Å². The van der Waals surface area contributed by atoms with E-state index in [0.29, 0.717) is 28.6 Å². The topological polar surface area (TPSA) is 72.5 Å². The molecule has 2 aromatic carbocycles. The number of nitrogens with zero attached hydrogens (tertiary/aromatic N) is 1. The highest BCUT2D eigenvalue weighted by molar-refractivity contribution is 6.05. The Labute approximate surface area is 158 Å². The zero-order valence-corrected chi connectivity index (χ0v) is 15.4. The van der Waals surface area contributed by atoms with Crippen LogP contribution in [0.3, 0.4) is 0 Å². The smallest absolute Gasteiger partial charge is 0.257 e. The number of methoxy groups -OCH3 is 2. The maximum atomic E-state index is 12.5. The van der Waals surface area contributed by atoms with Crippen LogP contribution in [-0.2, 0) is 0 Å². The third-order valence-electron chi connectivity index (χ3n) is 4.00. The second-order valence-electron chi connectivity index (χ2n) is 5.92. The number of anilines is 3. The number of carbonyl (C=O) groups excluding carboxylic acids is 1. The van der Waals surface area contributed by atoms with Crippen LogP contribution in [0.2, 0.25) is 0 Å². The summed E-state index contributed by atoms with van der Waals surface area (Å²) in [5.41, 5.74) is 2.90. The van der Waals surface area contributed by atoms with Gasteiger partial charge in [-0.3, -0.25) is 4.79 Å². The first-order valence-corrected chi connectivity index (χ1v) is 8.43. The molecule has 27 heavy (non-hydrogen) atoms. The van der Waals surface area contributed by atoms with E-state index in [1.54, 1.807) is 26.4 Å². The van der Waals surface area contributed by atoms with Crippen LogP contribution in [0, 0.1) is 6.92 Å². The Kier molecular flexibility index (Phi) is 5.56. The second kappa shape index (κ2) is 8.23. The number of ether oxygens (including phenoxy) is 2. The number of amides is 1. The Morgan fingerprint density at radius 1 is 0.926 bits per heavy atom. The molecule has 0 bridgehead atoms. The predicted octanol–water partition coefficient (Wildman–Crippen LogP) is 4.40. The van der Waals surface area contributed by atoms with Gasteiger partial charge in [-0.2, -0.15) is 0 Å². The molecule has 0 aliphatic heterocycles. The van der Waals surface area contributed by atoms with Gasteiger partial charge in [0, 0.05) is 6.20 Å². The lowest BCUT2D eigenvalue weighted by molar-refractivity contribution is 0.102. The maximum absolute atomic E-state index is 12.5. The average Bonchev–Trinajstić information content (AvgIpc) is 2.69. The van der Waals surface area contributed by atoms with Gasteiger partial charge in [0.15, 0.2) is 0 Å². The fourth-order valence-electron chi connectivity index (χ4n) is 2.60. The van der Waals surface area contributed by atoms with Gasteiger partial charge in [-0.05, 0) is 48.9 Å². The molecule has 2 N–H and O–H groups in total. The highest BCUT2D eigenvalue weighted by atomic mass is 16.5. The minimum Gasteiger partial charge on any atom is -0.495 e. The van der Waals surface area contributed by atoms with Gasteiger partial charge >= 0.3 is 0 Å². The van der Waals surface area contributed by atoms with Gasteiger partial charge in [0.2, 0.25) is 0 Å². The van der Waals surface area contributed by atoms with E-state index >= 15 is 0 Å². The van der Waals surface area contributed by atoms with E-state index < -0.39 is 0 Å². The molecule has 0 fully saturated rings. The van der Waals surface area contributed by atoms with Crippen LogP contribution in [0.5, 0.6) is 11.5 Å². The maximum Gasteiger partial charge on any atom is 0.257 e. The number of hydrogen-bond acceptors (Lipinski definition) is 5. The summed E-state index contributed by atoms with van der Waals surface area (Å²) >= 11 is 0. The lowest BCUT2D eigenvalue weighted by atomic mass is 10.2. The molecule has 0 radical (unpaired) electrons. The van der Waals surface area contributed by atoms with Crippen molar-refractivity contribution in [2.45, 2.75) is 6.92 Å². The summed E-state index contributed by atoms with van der Waals surface area (Å²) in [6.07, 6.45) is 1.52. The minimum atomic E-state index is -0.254. The zero-order chi connectivity index (χ0) is 19.2. The molecule has 3 aromatic rings. The van der Waals surface area contributed by atoms with Gasteiger partial charge in [0.1, 0.15) is 17.3 Å². The standard InChI is InChI=1S/C21H21N3O3/c1-14-8-10-19(27-3)17(12-14)24-21(25)15-9-11-20(22-13-15)23-16-6-4-5-7-18(16)26-2/h4-13H,1-3H3,(H,22,23)(H,24,25).